The fourth-order valence-corrected chi connectivity index (χ4v) is 2.37. The highest BCUT2D eigenvalue weighted by molar-refractivity contribution is 7.99. The smallest absolute Gasteiger partial charge is 0.271 e. The summed E-state index contributed by atoms with van der Waals surface area (Å²) in [6.07, 6.45) is 0. The topological polar surface area (TPSA) is 138 Å². The van der Waals surface area contributed by atoms with Crippen LogP contribution < -0.4 is 15.9 Å². The van der Waals surface area contributed by atoms with E-state index >= 15 is 0 Å². The first-order valence-corrected chi connectivity index (χ1v) is 7.33. The molecule has 2 rings (SSSR count). The second-order valence-corrected chi connectivity index (χ2v) is 5.32. The molecule has 0 saturated carbocycles. The molecule has 11 heteroatoms. The minimum atomic E-state index is -0.552. The lowest BCUT2D eigenvalue weighted by atomic mass is 10.2. The van der Waals surface area contributed by atoms with Crippen molar-refractivity contribution in [1.29, 1.82) is 0 Å². The van der Waals surface area contributed by atoms with E-state index in [1.165, 1.54) is 30.0 Å². The van der Waals surface area contributed by atoms with Crippen LogP contribution in [0.4, 0.5) is 11.4 Å². The van der Waals surface area contributed by atoms with E-state index in [0.29, 0.717) is 16.7 Å². The predicted octanol–water partition coefficient (Wildman–Crippen LogP) is 0.948. The number of thioether (sulfide) groups is 1. The maximum atomic E-state index is 12.0. The molecule has 10 nitrogen and oxygen atoms in total. The number of hydrogen-bond donors (Lipinski definition) is 2. The molecule has 0 saturated heterocycles. The molecule has 1 heterocycles. The van der Waals surface area contributed by atoms with Crippen molar-refractivity contribution in [2.24, 2.45) is 0 Å². The number of nitrogen functional groups attached to an aromatic ring is 1. The minimum absolute atomic E-state index is 0.0151. The number of non-ortho nitro benzene ring substituents is 1. The summed E-state index contributed by atoms with van der Waals surface area (Å²) in [4.78, 5) is 22.3. The Bertz CT molecular complexity index is 747. The first-order valence-electron chi connectivity index (χ1n) is 6.34. The van der Waals surface area contributed by atoms with E-state index in [1.807, 2.05) is 0 Å². The Balaban J connectivity index is 2.06. The van der Waals surface area contributed by atoms with Gasteiger partial charge >= 0.3 is 0 Å². The number of nitro groups is 1. The van der Waals surface area contributed by atoms with Crippen molar-refractivity contribution < 1.29 is 14.5 Å². The molecule has 0 atom stereocenters. The lowest BCUT2D eigenvalue weighted by molar-refractivity contribution is -0.384. The first-order chi connectivity index (χ1) is 10.9. The molecule has 1 aromatic heterocycles. The number of rotatable bonds is 6. The molecule has 0 spiro atoms. The molecule has 0 aliphatic carbocycles. The van der Waals surface area contributed by atoms with Gasteiger partial charge in [-0.1, -0.05) is 11.8 Å². The third-order valence-corrected chi connectivity index (χ3v) is 3.78. The van der Waals surface area contributed by atoms with E-state index in [1.54, 1.807) is 6.92 Å². The molecule has 2 aromatic rings. The second-order valence-electron chi connectivity index (χ2n) is 4.38. The van der Waals surface area contributed by atoms with Gasteiger partial charge in [-0.3, -0.25) is 14.9 Å². The highest BCUT2D eigenvalue weighted by Gasteiger charge is 2.15. The number of nitro benzene ring substituents is 1. The van der Waals surface area contributed by atoms with E-state index in [4.69, 9.17) is 10.6 Å². The van der Waals surface area contributed by atoms with Crippen LogP contribution in [0.25, 0.3) is 0 Å². The lowest BCUT2D eigenvalue weighted by Crippen LogP contribution is -2.17. The van der Waals surface area contributed by atoms with Crippen LogP contribution in [0.2, 0.25) is 0 Å². The van der Waals surface area contributed by atoms with Gasteiger partial charge in [-0.25, -0.2) is 4.68 Å². The molecule has 3 N–H and O–H groups in total. The molecule has 0 radical (unpaired) electrons. The van der Waals surface area contributed by atoms with Gasteiger partial charge in [0.25, 0.3) is 5.69 Å². The maximum absolute atomic E-state index is 12.0. The standard InChI is InChI=1S/C12H14N6O4S/c1-7-15-16-12(17(7)13)23-6-11(19)14-9-5-8(18(20)21)3-4-10(9)22-2/h3-5H,6,13H2,1-2H3,(H,14,19). The van der Waals surface area contributed by atoms with Gasteiger partial charge in [0, 0.05) is 12.1 Å². The number of ether oxygens (including phenoxy) is 1. The Morgan fingerprint density at radius 1 is 1.52 bits per heavy atom. The minimum Gasteiger partial charge on any atom is -0.495 e. The molecule has 122 valence electrons. The number of nitrogens with two attached hydrogens (primary N) is 1. The van der Waals surface area contributed by atoms with E-state index in [2.05, 4.69) is 15.5 Å². The van der Waals surface area contributed by atoms with Crippen molar-refractivity contribution in [3.63, 3.8) is 0 Å². The number of nitrogens with zero attached hydrogens (tertiary/aromatic N) is 4. The summed E-state index contributed by atoms with van der Waals surface area (Å²) in [6, 6.07) is 3.95. The Hall–Kier alpha value is -2.82. The van der Waals surface area contributed by atoms with Crippen molar-refractivity contribution >= 4 is 29.0 Å². The third-order valence-electron chi connectivity index (χ3n) is 2.84. The van der Waals surface area contributed by atoms with Crippen LogP contribution in [0.15, 0.2) is 23.4 Å². The highest BCUT2D eigenvalue weighted by Crippen LogP contribution is 2.29. The molecule has 0 aliphatic heterocycles. The van der Waals surface area contributed by atoms with Gasteiger partial charge in [0.15, 0.2) is 0 Å². The molecule has 1 amide bonds. The fraction of sp³-hybridized carbons (Fsp3) is 0.250. The predicted molar refractivity (Wildman–Crippen MR) is 83.9 cm³/mol. The lowest BCUT2D eigenvalue weighted by Gasteiger charge is -2.09. The number of anilines is 1. The normalized spacial score (nSPS) is 10.3. The Morgan fingerprint density at radius 3 is 2.83 bits per heavy atom. The average molecular weight is 338 g/mol. The Kier molecular flexibility index (Phi) is 5.01. The van der Waals surface area contributed by atoms with Gasteiger partial charge < -0.3 is 15.9 Å². The van der Waals surface area contributed by atoms with Crippen LogP contribution >= 0.6 is 11.8 Å². The van der Waals surface area contributed by atoms with Crippen molar-refractivity contribution in [3.8, 4) is 5.75 Å². The van der Waals surface area contributed by atoms with Crippen molar-refractivity contribution in [1.82, 2.24) is 14.9 Å². The van der Waals surface area contributed by atoms with E-state index in [0.717, 1.165) is 11.8 Å². The van der Waals surface area contributed by atoms with Gasteiger partial charge in [-0.05, 0) is 13.0 Å². The quantitative estimate of drug-likeness (QED) is 0.343. The number of amides is 1. The van der Waals surface area contributed by atoms with E-state index < -0.39 is 4.92 Å². The number of carbonyl (C=O) groups is 1. The van der Waals surface area contributed by atoms with Crippen LogP contribution in [-0.4, -0.2) is 38.6 Å². The zero-order chi connectivity index (χ0) is 17.0. The first kappa shape index (κ1) is 16.5. The molecular formula is C12H14N6O4S. The zero-order valence-corrected chi connectivity index (χ0v) is 13.2. The fourth-order valence-electron chi connectivity index (χ4n) is 1.67. The number of aryl methyl sites for hydroxylation is 1. The number of hydrogen-bond acceptors (Lipinski definition) is 8. The van der Waals surface area contributed by atoms with Crippen LogP contribution in [0.1, 0.15) is 5.82 Å². The average Bonchev–Trinajstić information content (AvgIpc) is 2.84. The summed E-state index contributed by atoms with van der Waals surface area (Å²) in [5.74, 6) is 6.17. The van der Waals surface area contributed by atoms with E-state index in [-0.39, 0.29) is 23.0 Å². The summed E-state index contributed by atoms with van der Waals surface area (Å²) in [6.45, 7) is 1.69. The number of benzene rings is 1. The summed E-state index contributed by atoms with van der Waals surface area (Å²) in [5, 5.41) is 21.4. The van der Waals surface area contributed by atoms with Gasteiger partial charge in [-0.15, -0.1) is 10.2 Å². The number of nitrogens with one attached hydrogen (secondary N) is 1. The molecule has 23 heavy (non-hydrogen) atoms. The van der Waals surface area contributed by atoms with Gasteiger partial charge in [0.1, 0.15) is 11.6 Å². The van der Waals surface area contributed by atoms with Crippen LogP contribution in [0, 0.1) is 17.0 Å². The largest absolute Gasteiger partial charge is 0.495 e. The molecule has 0 fully saturated rings. The van der Waals surface area contributed by atoms with Crippen molar-refractivity contribution in [2.75, 3.05) is 24.0 Å². The highest BCUT2D eigenvalue weighted by atomic mass is 32.2. The van der Waals surface area contributed by atoms with Crippen LogP contribution in [0.5, 0.6) is 5.75 Å². The SMILES string of the molecule is COc1ccc([N+](=O)[O-])cc1NC(=O)CSc1nnc(C)n1N. The van der Waals surface area contributed by atoms with Gasteiger partial charge in [0.2, 0.25) is 11.1 Å². The molecule has 1 aromatic carbocycles. The molecule has 0 aliphatic rings. The molecule has 0 bridgehead atoms. The van der Waals surface area contributed by atoms with Gasteiger partial charge in [0.05, 0.1) is 23.5 Å². The summed E-state index contributed by atoms with van der Waals surface area (Å²) in [7, 11) is 1.41. The number of carbonyl (C=O) groups excluding carboxylic acids is 1. The Labute approximate surface area is 135 Å². The van der Waals surface area contributed by atoms with Crippen molar-refractivity contribution in [3.05, 3.63) is 34.1 Å². The zero-order valence-electron chi connectivity index (χ0n) is 12.3. The van der Waals surface area contributed by atoms with Crippen molar-refractivity contribution in [2.45, 2.75) is 12.1 Å². The third kappa shape index (κ3) is 3.88. The van der Waals surface area contributed by atoms with Gasteiger partial charge in [-0.2, -0.15) is 0 Å². The summed E-state index contributed by atoms with van der Waals surface area (Å²) < 4.78 is 6.35. The molecular weight excluding hydrogens is 324 g/mol. The van der Waals surface area contributed by atoms with E-state index in [9.17, 15) is 14.9 Å². The van der Waals surface area contributed by atoms with Crippen LogP contribution in [0.3, 0.4) is 0 Å². The van der Waals surface area contributed by atoms with Crippen LogP contribution in [-0.2, 0) is 4.79 Å². The maximum Gasteiger partial charge on any atom is 0.271 e. The number of methoxy groups -OCH3 is 1. The number of aromatic nitrogens is 3. The summed E-state index contributed by atoms with van der Waals surface area (Å²) in [5.41, 5.74) is 0.0729. The monoisotopic (exact) mass is 338 g/mol. The molecule has 0 unspecified atom stereocenters. The Morgan fingerprint density at radius 2 is 2.26 bits per heavy atom. The second kappa shape index (κ2) is 6.96. The summed E-state index contributed by atoms with van der Waals surface area (Å²) >= 11 is 1.10.